The molecular formula is C26H33N3O2. The minimum absolute atomic E-state index is 0.214. The summed E-state index contributed by atoms with van der Waals surface area (Å²) in [4.78, 5) is 9.65. The maximum absolute atomic E-state index is 9.72. The van der Waals surface area contributed by atoms with Crippen LogP contribution in [0.5, 0.6) is 5.75 Å². The van der Waals surface area contributed by atoms with E-state index in [0.29, 0.717) is 6.04 Å². The van der Waals surface area contributed by atoms with Gasteiger partial charge in [0.25, 0.3) is 0 Å². The number of hydrogen-bond donors (Lipinski definition) is 1. The molecule has 0 aliphatic carbocycles. The molecule has 0 spiro atoms. The fraction of sp³-hybridized carbons (Fsp3) is 0.423. The van der Waals surface area contributed by atoms with Crippen LogP contribution in [0.25, 0.3) is 10.9 Å². The number of rotatable bonds is 7. The average molecular weight is 420 g/mol. The zero-order chi connectivity index (χ0) is 21.8. The lowest BCUT2D eigenvalue weighted by Crippen LogP contribution is -2.52. The Morgan fingerprint density at radius 2 is 1.84 bits per heavy atom. The van der Waals surface area contributed by atoms with E-state index in [9.17, 15) is 5.11 Å². The molecule has 1 aliphatic rings. The van der Waals surface area contributed by atoms with Crippen molar-refractivity contribution in [2.24, 2.45) is 0 Å². The second-order valence-corrected chi connectivity index (χ2v) is 8.54. The van der Waals surface area contributed by atoms with Gasteiger partial charge < -0.3 is 9.84 Å². The van der Waals surface area contributed by atoms with Gasteiger partial charge in [0, 0.05) is 57.0 Å². The fourth-order valence-electron chi connectivity index (χ4n) is 4.73. The monoisotopic (exact) mass is 419 g/mol. The van der Waals surface area contributed by atoms with Gasteiger partial charge in [0.2, 0.25) is 0 Å². The Bertz CT molecular complexity index is 1030. The van der Waals surface area contributed by atoms with Crippen LogP contribution in [0.4, 0.5) is 0 Å². The van der Waals surface area contributed by atoms with Crippen LogP contribution in [0.3, 0.4) is 0 Å². The molecule has 1 aromatic heterocycles. The van der Waals surface area contributed by atoms with E-state index in [1.165, 1.54) is 27.6 Å². The molecule has 1 fully saturated rings. The lowest BCUT2D eigenvalue weighted by molar-refractivity contribution is 0.0500. The molecule has 5 heteroatoms. The van der Waals surface area contributed by atoms with Crippen LogP contribution >= 0.6 is 0 Å². The lowest BCUT2D eigenvalue weighted by atomic mass is 10.00. The summed E-state index contributed by atoms with van der Waals surface area (Å²) in [6, 6.07) is 15.1. The third kappa shape index (κ3) is 4.74. The number of aliphatic hydroxyl groups excluding tert-OH is 1. The third-order valence-corrected chi connectivity index (χ3v) is 6.70. The molecule has 31 heavy (non-hydrogen) atoms. The van der Waals surface area contributed by atoms with E-state index in [0.717, 1.165) is 50.4 Å². The molecule has 2 heterocycles. The van der Waals surface area contributed by atoms with Crippen LogP contribution in [0.1, 0.15) is 28.7 Å². The highest BCUT2D eigenvalue weighted by Gasteiger charge is 2.27. The number of nitrogens with zero attached hydrogens (tertiary/aromatic N) is 3. The summed E-state index contributed by atoms with van der Waals surface area (Å²) >= 11 is 0. The lowest BCUT2D eigenvalue weighted by Gasteiger charge is -2.42. The normalized spacial score (nSPS) is 17.9. The molecular weight excluding hydrogens is 386 g/mol. The number of aliphatic hydroxyl groups is 1. The zero-order valence-corrected chi connectivity index (χ0v) is 18.8. The molecule has 0 saturated carbocycles. The first-order valence-electron chi connectivity index (χ1n) is 11.1. The minimum Gasteiger partial charge on any atom is -0.496 e. The Morgan fingerprint density at radius 3 is 2.65 bits per heavy atom. The van der Waals surface area contributed by atoms with Crippen molar-refractivity contribution >= 4 is 10.9 Å². The van der Waals surface area contributed by atoms with Crippen LogP contribution in [0.2, 0.25) is 0 Å². The smallest absolute Gasteiger partial charge is 0.122 e. The van der Waals surface area contributed by atoms with E-state index in [-0.39, 0.29) is 6.61 Å². The quantitative estimate of drug-likeness (QED) is 0.629. The van der Waals surface area contributed by atoms with Crippen molar-refractivity contribution in [3.8, 4) is 5.75 Å². The first kappa shape index (κ1) is 21.8. The summed E-state index contributed by atoms with van der Waals surface area (Å²) in [5.74, 6) is 0.946. The highest BCUT2D eigenvalue weighted by atomic mass is 16.5. The van der Waals surface area contributed by atoms with Gasteiger partial charge in [-0.1, -0.05) is 30.3 Å². The van der Waals surface area contributed by atoms with Crippen molar-refractivity contribution in [2.75, 3.05) is 33.4 Å². The number of pyridine rings is 1. The third-order valence-electron chi connectivity index (χ3n) is 6.70. The Morgan fingerprint density at radius 1 is 1.00 bits per heavy atom. The second kappa shape index (κ2) is 9.77. The van der Waals surface area contributed by atoms with Crippen molar-refractivity contribution in [1.29, 1.82) is 0 Å². The first-order chi connectivity index (χ1) is 15.1. The SMILES string of the molecule is COc1ccc(CN2CCN(Cc3cccc4cccnc34)C[C@H]2CCO)c(C)c1C. The topological polar surface area (TPSA) is 48.8 Å². The van der Waals surface area contributed by atoms with Crippen LogP contribution in [-0.2, 0) is 13.1 Å². The van der Waals surface area contributed by atoms with Gasteiger partial charge >= 0.3 is 0 Å². The highest BCUT2D eigenvalue weighted by molar-refractivity contribution is 5.81. The number of methoxy groups -OCH3 is 1. The molecule has 0 amide bonds. The Balaban J connectivity index is 1.48. The molecule has 0 bridgehead atoms. The Hall–Kier alpha value is -2.47. The summed E-state index contributed by atoms with van der Waals surface area (Å²) in [5, 5.41) is 10.9. The average Bonchev–Trinajstić information content (AvgIpc) is 2.79. The van der Waals surface area contributed by atoms with E-state index in [2.05, 4.69) is 65.0 Å². The number of piperazine rings is 1. The van der Waals surface area contributed by atoms with Gasteiger partial charge in [-0.15, -0.1) is 0 Å². The number of fused-ring (bicyclic) bond motifs is 1. The molecule has 1 aliphatic heterocycles. The summed E-state index contributed by atoms with van der Waals surface area (Å²) in [7, 11) is 1.73. The van der Waals surface area contributed by atoms with Gasteiger partial charge in [-0.25, -0.2) is 0 Å². The van der Waals surface area contributed by atoms with Crippen molar-refractivity contribution in [3.05, 3.63) is 70.9 Å². The highest BCUT2D eigenvalue weighted by Crippen LogP contribution is 2.27. The maximum Gasteiger partial charge on any atom is 0.122 e. The van der Waals surface area contributed by atoms with Gasteiger partial charge in [0.15, 0.2) is 0 Å². The number of aromatic nitrogens is 1. The zero-order valence-electron chi connectivity index (χ0n) is 18.8. The van der Waals surface area contributed by atoms with E-state index in [1.807, 2.05) is 12.3 Å². The predicted octanol–water partition coefficient (Wildman–Crippen LogP) is 3.93. The van der Waals surface area contributed by atoms with E-state index >= 15 is 0 Å². The van der Waals surface area contributed by atoms with Crippen molar-refractivity contribution in [3.63, 3.8) is 0 Å². The summed E-state index contributed by atoms with van der Waals surface area (Å²) < 4.78 is 5.47. The summed E-state index contributed by atoms with van der Waals surface area (Å²) in [6.07, 6.45) is 2.66. The molecule has 1 N–H and O–H groups in total. The number of hydrogen-bond acceptors (Lipinski definition) is 5. The molecule has 1 atom stereocenters. The Kier molecular flexibility index (Phi) is 6.86. The fourth-order valence-corrected chi connectivity index (χ4v) is 4.73. The molecule has 3 aromatic rings. The van der Waals surface area contributed by atoms with Crippen molar-refractivity contribution in [2.45, 2.75) is 39.4 Å². The van der Waals surface area contributed by atoms with Crippen LogP contribution in [-0.4, -0.2) is 59.3 Å². The summed E-state index contributed by atoms with van der Waals surface area (Å²) in [6.45, 7) is 9.28. The van der Waals surface area contributed by atoms with E-state index in [4.69, 9.17) is 4.74 Å². The molecule has 0 unspecified atom stereocenters. The van der Waals surface area contributed by atoms with Gasteiger partial charge in [0.1, 0.15) is 5.75 Å². The largest absolute Gasteiger partial charge is 0.496 e. The molecule has 164 valence electrons. The van der Waals surface area contributed by atoms with Crippen molar-refractivity contribution < 1.29 is 9.84 Å². The molecule has 5 nitrogen and oxygen atoms in total. The number of ether oxygens (including phenoxy) is 1. The van der Waals surface area contributed by atoms with Crippen LogP contribution in [0.15, 0.2) is 48.7 Å². The van der Waals surface area contributed by atoms with Crippen LogP contribution in [0, 0.1) is 13.8 Å². The molecule has 4 rings (SSSR count). The summed E-state index contributed by atoms with van der Waals surface area (Å²) in [5.41, 5.74) is 6.21. The number of benzene rings is 2. The van der Waals surface area contributed by atoms with Crippen LogP contribution < -0.4 is 4.74 Å². The predicted molar refractivity (Wildman–Crippen MR) is 125 cm³/mol. The van der Waals surface area contributed by atoms with Gasteiger partial charge in [-0.3, -0.25) is 14.8 Å². The molecule has 2 aromatic carbocycles. The van der Waals surface area contributed by atoms with Gasteiger partial charge in [-0.2, -0.15) is 0 Å². The van der Waals surface area contributed by atoms with Crippen molar-refractivity contribution in [1.82, 2.24) is 14.8 Å². The van der Waals surface area contributed by atoms with Gasteiger partial charge in [-0.05, 0) is 54.7 Å². The van der Waals surface area contributed by atoms with E-state index in [1.54, 1.807) is 7.11 Å². The van der Waals surface area contributed by atoms with Gasteiger partial charge in [0.05, 0.1) is 12.6 Å². The van der Waals surface area contributed by atoms with E-state index < -0.39 is 0 Å². The Labute approximate surface area is 185 Å². The maximum atomic E-state index is 9.72. The first-order valence-corrected chi connectivity index (χ1v) is 11.1. The number of para-hydroxylation sites is 1. The molecule has 0 radical (unpaired) electrons. The molecule has 1 saturated heterocycles. The standard InChI is InChI=1S/C26H33N3O2/c1-19-20(2)25(31-3)10-9-22(19)17-29-14-13-28(18-24(29)11-15-30)16-23-7-4-6-21-8-5-12-27-26(21)23/h4-10,12,24,30H,11,13-18H2,1-3H3/t24-/m1/s1. The minimum atomic E-state index is 0.214. The second-order valence-electron chi connectivity index (χ2n) is 8.54.